The number of benzene rings is 9. The van der Waals surface area contributed by atoms with Crippen LogP contribution in [0.3, 0.4) is 0 Å². The highest BCUT2D eigenvalue weighted by Crippen LogP contribution is 2.46. The first-order valence-electron chi connectivity index (χ1n) is 18.8. The fourth-order valence-electron chi connectivity index (χ4n) is 8.43. The Morgan fingerprint density at radius 1 is 0.382 bits per heavy atom. The summed E-state index contributed by atoms with van der Waals surface area (Å²) in [6.45, 7) is 0. The molecular formula is C52H34N2O. The Kier molecular flexibility index (Phi) is 7.17. The number of aromatic nitrogens is 1. The van der Waals surface area contributed by atoms with Crippen molar-refractivity contribution in [3.8, 4) is 27.9 Å². The highest BCUT2D eigenvalue weighted by molar-refractivity contribution is 6.23. The van der Waals surface area contributed by atoms with E-state index in [4.69, 9.17) is 4.42 Å². The lowest BCUT2D eigenvalue weighted by Gasteiger charge is -2.27. The van der Waals surface area contributed by atoms with Crippen molar-refractivity contribution in [2.75, 3.05) is 4.90 Å². The highest BCUT2D eigenvalue weighted by Gasteiger charge is 2.22. The van der Waals surface area contributed by atoms with Gasteiger partial charge in [-0.2, -0.15) is 0 Å². The number of hydrogen-bond donors (Lipinski definition) is 0. The molecule has 11 aromatic rings. The second-order valence-corrected chi connectivity index (χ2v) is 14.1. The molecule has 0 saturated heterocycles. The van der Waals surface area contributed by atoms with Crippen molar-refractivity contribution in [3.05, 3.63) is 206 Å². The molecule has 3 heteroatoms. The number of fused-ring (bicyclic) bond motifs is 8. The molecule has 0 radical (unpaired) electrons. The van der Waals surface area contributed by atoms with Gasteiger partial charge in [0.2, 0.25) is 0 Å². The molecule has 0 saturated carbocycles. The van der Waals surface area contributed by atoms with Crippen molar-refractivity contribution in [2.45, 2.75) is 0 Å². The van der Waals surface area contributed by atoms with E-state index in [0.717, 1.165) is 61.2 Å². The summed E-state index contributed by atoms with van der Waals surface area (Å²) in [6, 6.07) is 73.8. The van der Waals surface area contributed by atoms with E-state index in [0.29, 0.717) is 0 Å². The van der Waals surface area contributed by atoms with Crippen LogP contribution in [0.4, 0.5) is 17.1 Å². The number of hydrogen-bond acceptors (Lipinski definition) is 2. The minimum absolute atomic E-state index is 0.866. The topological polar surface area (TPSA) is 21.3 Å². The summed E-state index contributed by atoms with van der Waals surface area (Å²) in [6.07, 6.45) is 0. The standard InChI is InChI=1S/C52H34N2O/c1-2-14-35(15-3-1)36-28-30-40(31-29-36)53(49-34-39-16-4-5-21-43(39)51-46-24-8-11-27-50(46)55-52(49)51)41-19-12-17-37(32-41)38-18-13-20-42(33-38)54-47-25-9-6-22-44(47)45-23-7-10-26-48(45)54/h1-34H. The summed E-state index contributed by atoms with van der Waals surface area (Å²) < 4.78 is 9.19. The molecular weight excluding hydrogens is 669 g/mol. The van der Waals surface area contributed by atoms with Gasteiger partial charge >= 0.3 is 0 Å². The van der Waals surface area contributed by atoms with Crippen LogP contribution in [-0.4, -0.2) is 4.57 Å². The van der Waals surface area contributed by atoms with Crippen LogP contribution in [-0.2, 0) is 0 Å². The van der Waals surface area contributed by atoms with Crippen molar-refractivity contribution < 1.29 is 4.42 Å². The summed E-state index contributed by atoms with van der Waals surface area (Å²) >= 11 is 0. The fourth-order valence-corrected chi connectivity index (χ4v) is 8.43. The summed E-state index contributed by atoms with van der Waals surface area (Å²) in [4.78, 5) is 2.35. The molecule has 0 fully saturated rings. The Morgan fingerprint density at radius 3 is 1.73 bits per heavy atom. The van der Waals surface area contributed by atoms with E-state index in [1.54, 1.807) is 0 Å². The second-order valence-electron chi connectivity index (χ2n) is 14.1. The van der Waals surface area contributed by atoms with Crippen LogP contribution in [0.15, 0.2) is 211 Å². The minimum Gasteiger partial charge on any atom is -0.454 e. The molecule has 0 aliphatic heterocycles. The molecule has 55 heavy (non-hydrogen) atoms. The van der Waals surface area contributed by atoms with Crippen LogP contribution in [0.1, 0.15) is 0 Å². The first kappa shape index (κ1) is 31.2. The Labute approximate surface area is 318 Å². The van der Waals surface area contributed by atoms with E-state index in [9.17, 15) is 0 Å². The molecule has 258 valence electrons. The molecule has 11 rings (SSSR count). The number of furan rings is 1. The maximum absolute atomic E-state index is 6.81. The van der Waals surface area contributed by atoms with Gasteiger partial charge in [0, 0.05) is 38.6 Å². The van der Waals surface area contributed by atoms with Crippen molar-refractivity contribution >= 4 is 71.6 Å². The van der Waals surface area contributed by atoms with Gasteiger partial charge in [-0.05, 0) is 93.7 Å². The predicted octanol–water partition coefficient (Wildman–Crippen LogP) is 14.6. The second kappa shape index (κ2) is 12.6. The summed E-state index contributed by atoms with van der Waals surface area (Å²) in [5, 5.41) is 7.10. The zero-order chi connectivity index (χ0) is 36.3. The Hall–Kier alpha value is -7.36. The van der Waals surface area contributed by atoms with Crippen LogP contribution in [0, 0.1) is 0 Å². The molecule has 0 N–H and O–H groups in total. The SMILES string of the molecule is c1ccc(-c2ccc(N(c3cccc(-c4cccc(-n5c6ccccc6c6ccccc65)c4)c3)c3cc4ccccc4c4c3oc3ccccc34)cc2)cc1. The monoisotopic (exact) mass is 702 g/mol. The number of rotatable bonds is 6. The van der Waals surface area contributed by atoms with Crippen molar-refractivity contribution in [2.24, 2.45) is 0 Å². The minimum atomic E-state index is 0.866. The third-order valence-corrected chi connectivity index (χ3v) is 10.9. The largest absolute Gasteiger partial charge is 0.454 e. The zero-order valence-electron chi connectivity index (χ0n) is 29.9. The first-order chi connectivity index (χ1) is 27.3. The van der Waals surface area contributed by atoms with E-state index in [2.05, 4.69) is 210 Å². The Morgan fingerprint density at radius 2 is 0.964 bits per heavy atom. The van der Waals surface area contributed by atoms with Gasteiger partial charge < -0.3 is 13.9 Å². The van der Waals surface area contributed by atoms with E-state index in [-0.39, 0.29) is 0 Å². The van der Waals surface area contributed by atoms with E-state index in [1.165, 1.54) is 38.3 Å². The maximum atomic E-state index is 6.81. The molecule has 0 atom stereocenters. The van der Waals surface area contributed by atoms with Gasteiger partial charge in [-0.1, -0.05) is 146 Å². The molecule has 9 aromatic carbocycles. The average molecular weight is 703 g/mol. The lowest BCUT2D eigenvalue weighted by atomic mass is 10.00. The third kappa shape index (κ3) is 5.13. The molecule has 0 unspecified atom stereocenters. The van der Waals surface area contributed by atoms with Crippen LogP contribution in [0.25, 0.3) is 82.5 Å². The quantitative estimate of drug-likeness (QED) is 0.172. The molecule has 0 aliphatic carbocycles. The third-order valence-electron chi connectivity index (χ3n) is 10.9. The summed E-state index contributed by atoms with van der Waals surface area (Å²) in [5.74, 6) is 0. The van der Waals surface area contributed by atoms with Gasteiger partial charge in [-0.15, -0.1) is 0 Å². The molecule has 0 amide bonds. The average Bonchev–Trinajstić information content (AvgIpc) is 3.82. The lowest BCUT2D eigenvalue weighted by molar-refractivity contribution is 0.669. The highest BCUT2D eigenvalue weighted by atomic mass is 16.3. The van der Waals surface area contributed by atoms with Crippen molar-refractivity contribution in [3.63, 3.8) is 0 Å². The van der Waals surface area contributed by atoms with Gasteiger partial charge in [-0.25, -0.2) is 0 Å². The van der Waals surface area contributed by atoms with Crippen molar-refractivity contribution in [1.29, 1.82) is 0 Å². The van der Waals surface area contributed by atoms with Gasteiger partial charge in [0.05, 0.1) is 16.7 Å². The molecule has 2 aromatic heterocycles. The van der Waals surface area contributed by atoms with Crippen LogP contribution >= 0.6 is 0 Å². The Bertz CT molecular complexity index is 3150. The van der Waals surface area contributed by atoms with Gasteiger partial charge in [-0.3, -0.25) is 0 Å². The summed E-state index contributed by atoms with van der Waals surface area (Å²) in [7, 11) is 0. The molecule has 2 heterocycles. The predicted molar refractivity (Wildman–Crippen MR) is 231 cm³/mol. The van der Waals surface area contributed by atoms with Crippen LogP contribution in [0.2, 0.25) is 0 Å². The number of anilines is 3. The Balaban J connectivity index is 1.11. The fraction of sp³-hybridized carbons (Fsp3) is 0. The molecule has 0 spiro atoms. The van der Waals surface area contributed by atoms with Crippen molar-refractivity contribution in [1.82, 2.24) is 4.57 Å². The van der Waals surface area contributed by atoms with E-state index >= 15 is 0 Å². The zero-order valence-corrected chi connectivity index (χ0v) is 29.9. The maximum Gasteiger partial charge on any atom is 0.160 e. The van der Waals surface area contributed by atoms with Gasteiger partial charge in [0.25, 0.3) is 0 Å². The smallest absolute Gasteiger partial charge is 0.160 e. The number of para-hydroxylation sites is 3. The normalized spacial score (nSPS) is 11.6. The van der Waals surface area contributed by atoms with Gasteiger partial charge in [0.1, 0.15) is 5.58 Å². The molecule has 3 nitrogen and oxygen atoms in total. The summed E-state index contributed by atoms with van der Waals surface area (Å²) in [5.41, 5.74) is 13.0. The van der Waals surface area contributed by atoms with Crippen LogP contribution in [0.5, 0.6) is 0 Å². The first-order valence-corrected chi connectivity index (χ1v) is 18.8. The lowest BCUT2D eigenvalue weighted by Crippen LogP contribution is -2.10. The van der Waals surface area contributed by atoms with E-state index in [1.807, 2.05) is 6.07 Å². The molecule has 0 aliphatic rings. The molecule has 0 bridgehead atoms. The number of nitrogens with zero attached hydrogens (tertiary/aromatic N) is 2. The van der Waals surface area contributed by atoms with Crippen LogP contribution < -0.4 is 4.90 Å². The van der Waals surface area contributed by atoms with E-state index < -0.39 is 0 Å². The van der Waals surface area contributed by atoms with Gasteiger partial charge in [0.15, 0.2) is 5.58 Å².